The number of aryl methyl sites for hydroxylation is 1. The molecule has 0 bridgehead atoms. The maximum absolute atomic E-state index is 8.76. The molecule has 1 rings (SSSR count). The summed E-state index contributed by atoms with van der Waals surface area (Å²) in [5.74, 6) is 0. The quantitative estimate of drug-likeness (QED) is 0.824. The Morgan fingerprint density at radius 2 is 2.17 bits per heavy atom. The van der Waals surface area contributed by atoms with Gasteiger partial charge in [0.25, 0.3) is 0 Å². The number of nitrogens with two attached hydrogens (primary N) is 1. The lowest BCUT2D eigenvalue weighted by molar-refractivity contribution is 0.184. The molecule has 1 heterocycles. The van der Waals surface area contributed by atoms with Crippen molar-refractivity contribution < 1.29 is 0 Å². The van der Waals surface area contributed by atoms with Crippen molar-refractivity contribution in [3.05, 3.63) is 21.9 Å². The van der Waals surface area contributed by atoms with Crippen molar-refractivity contribution in [1.82, 2.24) is 4.90 Å². The molecule has 100 valence electrons. The van der Waals surface area contributed by atoms with Crippen LogP contribution in [-0.4, -0.2) is 24.0 Å². The van der Waals surface area contributed by atoms with E-state index in [-0.39, 0.29) is 12.1 Å². The molecular weight excluding hydrogens is 242 g/mol. The number of hydrogen-bond donors (Lipinski definition) is 1. The number of nitrogens with zero attached hydrogens (tertiary/aromatic N) is 2. The van der Waals surface area contributed by atoms with Gasteiger partial charge in [-0.15, -0.1) is 11.3 Å². The molecule has 1 aromatic rings. The van der Waals surface area contributed by atoms with Crippen molar-refractivity contribution in [2.75, 3.05) is 13.1 Å². The molecule has 0 saturated heterocycles. The van der Waals surface area contributed by atoms with Crippen molar-refractivity contribution in [3.63, 3.8) is 0 Å². The SMILES string of the molecule is CCC(N)C(c1ccc(C)s1)N(CC)CCC#N. The van der Waals surface area contributed by atoms with Crippen molar-refractivity contribution in [1.29, 1.82) is 5.26 Å². The molecule has 0 amide bonds. The zero-order valence-corrected chi connectivity index (χ0v) is 12.3. The van der Waals surface area contributed by atoms with Crippen LogP contribution in [0, 0.1) is 18.3 Å². The summed E-state index contributed by atoms with van der Waals surface area (Å²) >= 11 is 1.81. The highest BCUT2D eigenvalue weighted by atomic mass is 32.1. The second kappa shape index (κ2) is 7.52. The van der Waals surface area contributed by atoms with Crippen LogP contribution >= 0.6 is 11.3 Å². The standard InChI is InChI=1S/C14H23N3S/c1-4-12(16)14(13-8-7-11(3)18-13)17(5-2)10-6-9-15/h7-8,12,14H,4-6,10,16H2,1-3H3. The molecule has 0 fully saturated rings. The molecule has 0 radical (unpaired) electrons. The zero-order valence-electron chi connectivity index (χ0n) is 11.5. The van der Waals surface area contributed by atoms with E-state index in [0.29, 0.717) is 6.42 Å². The van der Waals surface area contributed by atoms with Gasteiger partial charge in [0.1, 0.15) is 0 Å². The minimum atomic E-state index is 0.127. The molecule has 0 aromatic carbocycles. The normalized spacial score (nSPS) is 14.4. The van der Waals surface area contributed by atoms with Crippen LogP contribution in [0.25, 0.3) is 0 Å². The summed E-state index contributed by atoms with van der Waals surface area (Å²) in [4.78, 5) is 4.96. The maximum atomic E-state index is 8.76. The predicted molar refractivity (Wildman–Crippen MR) is 77.5 cm³/mol. The number of rotatable bonds is 7. The smallest absolute Gasteiger partial charge is 0.0635 e. The Kier molecular flexibility index (Phi) is 6.34. The average Bonchev–Trinajstić information content (AvgIpc) is 2.79. The van der Waals surface area contributed by atoms with E-state index in [2.05, 4.69) is 43.9 Å². The van der Waals surface area contributed by atoms with Crippen LogP contribution in [0.4, 0.5) is 0 Å². The van der Waals surface area contributed by atoms with Crippen LogP contribution in [0.3, 0.4) is 0 Å². The van der Waals surface area contributed by atoms with Gasteiger partial charge in [0.2, 0.25) is 0 Å². The molecule has 0 aliphatic rings. The molecule has 3 nitrogen and oxygen atoms in total. The molecule has 1 aromatic heterocycles. The number of thiophene rings is 1. The third-order valence-corrected chi connectivity index (χ3v) is 4.31. The Morgan fingerprint density at radius 3 is 2.61 bits per heavy atom. The monoisotopic (exact) mass is 265 g/mol. The van der Waals surface area contributed by atoms with E-state index >= 15 is 0 Å². The largest absolute Gasteiger partial charge is 0.326 e. The van der Waals surface area contributed by atoms with Crippen molar-refractivity contribution >= 4 is 11.3 Å². The first-order chi connectivity index (χ1) is 8.63. The van der Waals surface area contributed by atoms with Gasteiger partial charge in [-0.1, -0.05) is 13.8 Å². The van der Waals surface area contributed by atoms with Crippen LogP contribution < -0.4 is 5.73 Å². The Morgan fingerprint density at radius 1 is 1.44 bits per heavy atom. The molecule has 2 atom stereocenters. The molecular formula is C14H23N3S. The first-order valence-corrected chi connectivity index (χ1v) is 7.38. The van der Waals surface area contributed by atoms with Crippen LogP contribution in [0.1, 0.15) is 42.5 Å². The fourth-order valence-electron chi connectivity index (χ4n) is 2.18. The lowest BCUT2D eigenvalue weighted by Crippen LogP contribution is -2.40. The summed E-state index contributed by atoms with van der Waals surface area (Å²) in [5.41, 5.74) is 6.29. The first-order valence-electron chi connectivity index (χ1n) is 6.56. The van der Waals surface area contributed by atoms with Gasteiger partial charge in [-0.2, -0.15) is 5.26 Å². The number of likely N-dealkylation sites (N-methyl/N-ethyl adjacent to an activating group) is 1. The Bertz CT molecular complexity index is 394. The summed E-state index contributed by atoms with van der Waals surface area (Å²) < 4.78 is 0. The topological polar surface area (TPSA) is 53.0 Å². The molecule has 0 aliphatic carbocycles. The first kappa shape index (κ1) is 15.2. The van der Waals surface area contributed by atoms with Crippen molar-refractivity contribution in [2.24, 2.45) is 5.73 Å². The average molecular weight is 265 g/mol. The fraction of sp³-hybridized carbons (Fsp3) is 0.643. The third kappa shape index (κ3) is 3.81. The van der Waals surface area contributed by atoms with E-state index in [1.54, 1.807) is 0 Å². The maximum Gasteiger partial charge on any atom is 0.0635 e. The van der Waals surface area contributed by atoms with Gasteiger partial charge < -0.3 is 5.73 Å². The van der Waals surface area contributed by atoms with Gasteiger partial charge in [-0.05, 0) is 32.0 Å². The van der Waals surface area contributed by atoms with Crippen LogP contribution in [0.5, 0.6) is 0 Å². The number of nitriles is 1. The fourth-order valence-corrected chi connectivity index (χ4v) is 3.27. The second-order valence-corrected chi connectivity index (χ2v) is 5.82. The molecule has 0 saturated carbocycles. The van der Waals surface area contributed by atoms with E-state index in [0.717, 1.165) is 19.5 Å². The van der Waals surface area contributed by atoms with Crippen molar-refractivity contribution in [2.45, 2.75) is 45.7 Å². The Hall–Kier alpha value is -0.890. The lowest BCUT2D eigenvalue weighted by atomic mass is 10.0. The van der Waals surface area contributed by atoms with E-state index in [1.165, 1.54) is 9.75 Å². The lowest BCUT2D eigenvalue weighted by Gasteiger charge is -2.33. The molecule has 2 unspecified atom stereocenters. The molecule has 2 N–H and O–H groups in total. The minimum absolute atomic E-state index is 0.127. The highest BCUT2D eigenvalue weighted by molar-refractivity contribution is 7.12. The van der Waals surface area contributed by atoms with Gasteiger partial charge in [0.05, 0.1) is 12.1 Å². The van der Waals surface area contributed by atoms with Gasteiger partial charge in [-0.3, -0.25) is 4.90 Å². The van der Waals surface area contributed by atoms with Gasteiger partial charge in [-0.25, -0.2) is 0 Å². The molecule has 0 spiro atoms. The Labute approximate surface area is 114 Å². The van der Waals surface area contributed by atoms with Crippen LogP contribution in [0.15, 0.2) is 12.1 Å². The highest BCUT2D eigenvalue weighted by Gasteiger charge is 2.25. The predicted octanol–water partition coefficient (Wildman–Crippen LogP) is 3.07. The van der Waals surface area contributed by atoms with Gasteiger partial charge in [0.15, 0.2) is 0 Å². The Balaban J connectivity index is 2.93. The molecule has 18 heavy (non-hydrogen) atoms. The van der Waals surface area contributed by atoms with E-state index in [1.807, 2.05) is 11.3 Å². The van der Waals surface area contributed by atoms with Crippen molar-refractivity contribution in [3.8, 4) is 6.07 Å². The summed E-state index contributed by atoms with van der Waals surface area (Å²) in [6.07, 6.45) is 1.51. The minimum Gasteiger partial charge on any atom is -0.326 e. The number of hydrogen-bond acceptors (Lipinski definition) is 4. The second-order valence-electron chi connectivity index (χ2n) is 4.50. The van der Waals surface area contributed by atoms with Gasteiger partial charge in [0, 0.05) is 28.8 Å². The summed E-state index contributed by atoms with van der Waals surface area (Å²) in [5, 5.41) is 8.76. The van der Waals surface area contributed by atoms with E-state index in [9.17, 15) is 0 Å². The molecule has 4 heteroatoms. The molecule has 0 aliphatic heterocycles. The van der Waals surface area contributed by atoms with E-state index in [4.69, 9.17) is 11.0 Å². The summed E-state index contributed by atoms with van der Waals surface area (Å²) in [6, 6.07) is 6.91. The van der Waals surface area contributed by atoms with Gasteiger partial charge >= 0.3 is 0 Å². The highest BCUT2D eigenvalue weighted by Crippen LogP contribution is 2.30. The summed E-state index contributed by atoms with van der Waals surface area (Å²) in [6.45, 7) is 8.09. The summed E-state index contributed by atoms with van der Waals surface area (Å²) in [7, 11) is 0. The van der Waals surface area contributed by atoms with Crippen LogP contribution in [-0.2, 0) is 0 Å². The third-order valence-electron chi connectivity index (χ3n) is 3.24. The zero-order chi connectivity index (χ0) is 13.5. The van der Waals surface area contributed by atoms with E-state index < -0.39 is 0 Å². The van der Waals surface area contributed by atoms with Crippen LogP contribution in [0.2, 0.25) is 0 Å².